The Morgan fingerprint density at radius 1 is 1.32 bits per heavy atom. The van der Waals surface area contributed by atoms with Crippen LogP contribution < -0.4 is 0 Å². The largest absolute Gasteiger partial charge is 0.416 e. The summed E-state index contributed by atoms with van der Waals surface area (Å²) in [6, 6.07) is 5.88. The first-order chi connectivity index (χ1) is 10.3. The molecule has 0 radical (unpaired) electrons. The van der Waals surface area contributed by atoms with E-state index in [1.165, 1.54) is 30.1 Å². The van der Waals surface area contributed by atoms with Gasteiger partial charge in [0.25, 0.3) is 0 Å². The molecule has 0 bridgehead atoms. The van der Waals surface area contributed by atoms with Crippen molar-refractivity contribution in [2.24, 2.45) is 0 Å². The summed E-state index contributed by atoms with van der Waals surface area (Å²) in [7, 11) is 0. The Bertz CT molecular complexity index is 694. The number of benzene rings is 1. The summed E-state index contributed by atoms with van der Waals surface area (Å²) in [5.74, 6) is -0.489. The maximum absolute atomic E-state index is 12.7. The zero-order valence-corrected chi connectivity index (χ0v) is 13.7. The van der Waals surface area contributed by atoms with Gasteiger partial charge in [0, 0.05) is 11.8 Å². The van der Waals surface area contributed by atoms with Gasteiger partial charge in [-0.15, -0.1) is 0 Å². The average Bonchev–Trinajstić information content (AvgIpc) is 2.53. The number of thioether (sulfide) groups is 1. The third-order valence-electron chi connectivity index (χ3n) is 2.80. The van der Waals surface area contributed by atoms with E-state index in [1.807, 2.05) is 0 Å². The minimum atomic E-state index is -4.49. The molecule has 8 heteroatoms. The van der Waals surface area contributed by atoms with Crippen LogP contribution in [0.4, 0.5) is 13.2 Å². The highest BCUT2D eigenvalue weighted by Crippen LogP contribution is 2.32. The number of ketones is 1. The molecule has 1 atom stereocenters. The molecular formula is C14H10BrF3N2OS. The van der Waals surface area contributed by atoms with Crippen LogP contribution in [0.1, 0.15) is 26.4 Å². The summed E-state index contributed by atoms with van der Waals surface area (Å²) in [5, 5.41) is 0.485. The molecule has 0 N–H and O–H groups in total. The van der Waals surface area contributed by atoms with E-state index in [0.29, 0.717) is 10.9 Å². The smallest absolute Gasteiger partial charge is 0.292 e. The number of carbonyl (C=O) groups excluding carboxylic acids is 1. The molecule has 0 spiro atoms. The summed E-state index contributed by atoms with van der Waals surface area (Å²) < 4.78 is 38.1. The van der Waals surface area contributed by atoms with E-state index in [0.717, 1.165) is 12.1 Å². The van der Waals surface area contributed by atoms with Crippen LogP contribution in [0.5, 0.6) is 0 Å². The van der Waals surface area contributed by atoms with Crippen molar-refractivity contribution in [1.82, 2.24) is 9.97 Å². The van der Waals surface area contributed by atoms with E-state index >= 15 is 0 Å². The molecule has 0 aliphatic rings. The summed E-state index contributed by atoms with van der Waals surface area (Å²) in [4.78, 5) is 19.7. The normalized spacial score (nSPS) is 13.0. The minimum Gasteiger partial charge on any atom is -0.292 e. The number of hydrogen-bond donors (Lipinski definition) is 0. The monoisotopic (exact) mass is 390 g/mol. The highest BCUT2D eigenvalue weighted by atomic mass is 79.9. The van der Waals surface area contributed by atoms with Crippen LogP contribution in [0.2, 0.25) is 0 Å². The fourth-order valence-electron chi connectivity index (χ4n) is 1.72. The number of halogens is 4. The molecule has 3 nitrogen and oxygen atoms in total. The first-order valence-corrected chi connectivity index (χ1v) is 8.19. The van der Waals surface area contributed by atoms with Gasteiger partial charge in [0.05, 0.1) is 11.3 Å². The molecule has 2 aromatic rings. The Balaban J connectivity index is 2.31. The van der Waals surface area contributed by atoms with Crippen molar-refractivity contribution in [3.05, 3.63) is 53.3 Å². The van der Waals surface area contributed by atoms with Gasteiger partial charge in [-0.3, -0.25) is 4.79 Å². The Hall–Kier alpha value is -1.41. The van der Waals surface area contributed by atoms with Crippen molar-refractivity contribution in [2.45, 2.75) is 16.2 Å². The zero-order chi connectivity index (χ0) is 16.3. The molecule has 0 saturated carbocycles. The van der Waals surface area contributed by atoms with Gasteiger partial charge in [0.1, 0.15) is 4.83 Å². The van der Waals surface area contributed by atoms with E-state index in [-0.39, 0.29) is 5.56 Å². The molecule has 1 aromatic heterocycles. The van der Waals surface area contributed by atoms with E-state index < -0.39 is 22.4 Å². The van der Waals surface area contributed by atoms with Gasteiger partial charge in [-0.25, -0.2) is 9.97 Å². The number of hydrogen-bond acceptors (Lipinski definition) is 4. The lowest BCUT2D eigenvalue weighted by molar-refractivity contribution is -0.137. The Labute approximate surface area is 137 Å². The minimum absolute atomic E-state index is 0.0268. The first-order valence-electron chi connectivity index (χ1n) is 6.05. The van der Waals surface area contributed by atoms with Crippen LogP contribution in [0, 0.1) is 0 Å². The van der Waals surface area contributed by atoms with Crippen LogP contribution in [0.25, 0.3) is 0 Å². The Morgan fingerprint density at radius 2 is 2.05 bits per heavy atom. The van der Waals surface area contributed by atoms with Crippen molar-refractivity contribution < 1.29 is 18.0 Å². The second-order valence-corrected chi connectivity index (χ2v) is 5.96. The molecule has 0 fully saturated rings. The molecule has 116 valence electrons. The van der Waals surface area contributed by atoms with Crippen LogP contribution in [0.15, 0.2) is 41.7 Å². The number of carbonyl (C=O) groups is 1. The van der Waals surface area contributed by atoms with Crippen molar-refractivity contribution in [2.75, 3.05) is 6.26 Å². The van der Waals surface area contributed by atoms with Gasteiger partial charge in [-0.05, 0) is 24.5 Å². The number of alkyl halides is 4. The Kier molecular flexibility index (Phi) is 5.23. The molecule has 22 heavy (non-hydrogen) atoms. The first kappa shape index (κ1) is 17.0. The molecule has 2 rings (SSSR count). The molecular weight excluding hydrogens is 381 g/mol. The third kappa shape index (κ3) is 3.86. The maximum atomic E-state index is 12.7. The fourth-order valence-corrected chi connectivity index (χ4v) is 2.61. The summed E-state index contributed by atoms with van der Waals surface area (Å²) in [5.41, 5.74) is -0.478. The van der Waals surface area contributed by atoms with E-state index in [9.17, 15) is 18.0 Å². The number of nitrogens with zero attached hydrogens (tertiary/aromatic N) is 2. The van der Waals surface area contributed by atoms with Gasteiger partial charge in [-0.1, -0.05) is 39.8 Å². The molecule has 1 heterocycles. The van der Waals surface area contributed by atoms with Gasteiger partial charge >= 0.3 is 6.18 Å². The fraction of sp³-hybridized carbons (Fsp3) is 0.214. The van der Waals surface area contributed by atoms with E-state index in [1.54, 1.807) is 12.3 Å². The number of Topliss-reactive ketones (excluding diaryl/α,β-unsaturated/α-hetero) is 1. The van der Waals surface area contributed by atoms with Crippen molar-refractivity contribution in [3.8, 4) is 0 Å². The van der Waals surface area contributed by atoms with E-state index in [2.05, 4.69) is 25.9 Å². The third-order valence-corrected chi connectivity index (χ3v) is 4.25. The van der Waals surface area contributed by atoms with Gasteiger partial charge in [-0.2, -0.15) is 13.2 Å². The molecule has 1 aromatic carbocycles. The van der Waals surface area contributed by atoms with Crippen molar-refractivity contribution in [1.29, 1.82) is 0 Å². The van der Waals surface area contributed by atoms with Crippen molar-refractivity contribution in [3.63, 3.8) is 0 Å². The zero-order valence-electron chi connectivity index (χ0n) is 11.3. The number of aromatic nitrogens is 2. The Morgan fingerprint density at radius 3 is 2.68 bits per heavy atom. The van der Waals surface area contributed by atoms with Crippen LogP contribution in [-0.2, 0) is 6.18 Å². The lowest BCUT2D eigenvalue weighted by Crippen LogP contribution is -2.12. The average molecular weight is 391 g/mol. The van der Waals surface area contributed by atoms with Gasteiger partial charge in [0.15, 0.2) is 10.9 Å². The van der Waals surface area contributed by atoms with Gasteiger partial charge in [0.2, 0.25) is 0 Å². The van der Waals surface area contributed by atoms with Crippen LogP contribution >= 0.6 is 27.7 Å². The molecule has 0 aliphatic carbocycles. The standard InChI is InChI=1S/C14H10BrF3N2OS/c1-22-13-19-6-5-10(20-13)11(15)12(21)8-3-2-4-9(7-8)14(16,17)18/h2-7,11H,1H3. The lowest BCUT2D eigenvalue weighted by Gasteiger charge is -2.11. The lowest BCUT2D eigenvalue weighted by atomic mass is 10.0. The molecule has 0 aliphatic heterocycles. The predicted octanol–water partition coefficient (Wildman–Crippen LogP) is 4.54. The summed E-state index contributed by atoms with van der Waals surface area (Å²) >= 11 is 4.51. The quantitative estimate of drug-likeness (QED) is 0.332. The SMILES string of the molecule is CSc1nccc(C(Br)C(=O)c2cccc(C(F)(F)F)c2)n1. The second kappa shape index (κ2) is 6.78. The molecule has 0 amide bonds. The highest BCUT2D eigenvalue weighted by Gasteiger charge is 2.31. The highest BCUT2D eigenvalue weighted by molar-refractivity contribution is 9.09. The summed E-state index contributed by atoms with van der Waals surface area (Å²) in [6.45, 7) is 0. The number of rotatable bonds is 4. The van der Waals surface area contributed by atoms with Crippen LogP contribution in [0.3, 0.4) is 0 Å². The second-order valence-electron chi connectivity index (χ2n) is 4.27. The van der Waals surface area contributed by atoms with E-state index in [4.69, 9.17) is 0 Å². The predicted molar refractivity (Wildman–Crippen MR) is 81.3 cm³/mol. The summed E-state index contributed by atoms with van der Waals surface area (Å²) in [6.07, 6.45) is -1.20. The van der Waals surface area contributed by atoms with Gasteiger partial charge < -0.3 is 0 Å². The topological polar surface area (TPSA) is 42.9 Å². The molecule has 0 saturated heterocycles. The van der Waals surface area contributed by atoms with Crippen molar-refractivity contribution >= 4 is 33.5 Å². The van der Waals surface area contributed by atoms with Crippen LogP contribution in [-0.4, -0.2) is 22.0 Å². The molecule has 1 unspecified atom stereocenters. The maximum Gasteiger partial charge on any atom is 0.416 e.